The fourth-order valence-electron chi connectivity index (χ4n) is 1.12. The van der Waals surface area contributed by atoms with Gasteiger partial charge in [0.25, 0.3) is 0 Å². The molecule has 1 N–H and O–H groups in total. The Morgan fingerprint density at radius 3 is 2.83 bits per heavy atom. The average Bonchev–Trinajstić information content (AvgIpc) is 2.06. The number of ether oxygens (including phenoxy) is 1. The molecule has 12 heavy (non-hydrogen) atoms. The van der Waals surface area contributed by atoms with Crippen molar-refractivity contribution in [3.8, 4) is 0 Å². The van der Waals surface area contributed by atoms with Crippen molar-refractivity contribution in [2.45, 2.75) is 18.9 Å². The monoisotopic (exact) mass is 257 g/mol. The molecule has 0 spiro atoms. The van der Waals surface area contributed by atoms with Crippen molar-refractivity contribution in [3.05, 3.63) is 0 Å². The number of hydrogen-bond donors (Lipinski definition) is 1. The summed E-state index contributed by atoms with van der Waals surface area (Å²) in [5.74, 6) is 0. The van der Waals surface area contributed by atoms with Crippen molar-refractivity contribution < 1.29 is 13.2 Å². The highest BCUT2D eigenvalue weighted by Crippen LogP contribution is 2.07. The molecule has 1 unspecified atom stereocenters. The number of sulfonamides is 1. The van der Waals surface area contributed by atoms with Crippen molar-refractivity contribution in [1.82, 2.24) is 4.72 Å². The van der Waals surface area contributed by atoms with Crippen LogP contribution in [-0.2, 0) is 14.8 Å². The average molecular weight is 258 g/mol. The molecule has 4 nitrogen and oxygen atoms in total. The van der Waals surface area contributed by atoms with Crippen LogP contribution in [0.1, 0.15) is 12.8 Å². The van der Waals surface area contributed by atoms with Crippen LogP contribution in [0.5, 0.6) is 0 Å². The molecule has 1 heterocycles. The Hall–Kier alpha value is 0.350. The predicted molar refractivity (Wildman–Crippen MR) is 49.7 cm³/mol. The van der Waals surface area contributed by atoms with Crippen LogP contribution in [0.4, 0.5) is 0 Å². The topological polar surface area (TPSA) is 55.4 Å². The molecule has 0 saturated carbocycles. The first-order chi connectivity index (χ1) is 5.64. The molecular formula is C6H12BrNO3S. The lowest BCUT2D eigenvalue weighted by atomic mass is 10.1. The largest absolute Gasteiger partial charge is 0.380 e. The third kappa shape index (κ3) is 3.38. The molecule has 1 atom stereocenters. The van der Waals surface area contributed by atoms with Gasteiger partial charge in [0.1, 0.15) is 4.66 Å². The van der Waals surface area contributed by atoms with Crippen LogP contribution >= 0.6 is 15.9 Å². The maximum Gasteiger partial charge on any atom is 0.221 e. The van der Waals surface area contributed by atoms with Gasteiger partial charge in [-0.25, -0.2) is 13.1 Å². The van der Waals surface area contributed by atoms with E-state index in [9.17, 15) is 8.42 Å². The third-order valence-corrected chi connectivity index (χ3v) is 4.44. The summed E-state index contributed by atoms with van der Waals surface area (Å²) in [4.78, 5) is 0. The van der Waals surface area contributed by atoms with Gasteiger partial charge in [-0.15, -0.1) is 0 Å². The van der Waals surface area contributed by atoms with Gasteiger partial charge < -0.3 is 4.74 Å². The Labute approximate surface area is 80.8 Å². The molecule has 0 amide bonds. The van der Waals surface area contributed by atoms with E-state index in [-0.39, 0.29) is 10.7 Å². The Kier molecular flexibility index (Phi) is 3.95. The fourth-order valence-corrected chi connectivity index (χ4v) is 2.27. The number of nitrogens with one attached hydrogen (secondary N) is 1. The molecular weight excluding hydrogens is 246 g/mol. The molecule has 1 rings (SSSR count). The summed E-state index contributed by atoms with van der Waals surface area (Å²) in [6.07, 6.45) is 1.79. The van der Waals surface area contributed by atoms with Gasteiger partial charge in [-0.2, -0.15) is 0 Å². The summed E-state index contributed by atoms with van der Waals surface area (Å²) in [5.41, 5.74) is 0. The molecule has 0 aliphatic carbocycles. The Bertz CT molecular complexity index is 223. The smallest absolute Gasteiger partial charge is 0.221 e. The van der Waals surface area contributed by atoms with E-state index in [2.05, 4.69) is 20.7 Å². The minimum atomic E-state index is -3.13. The maximum absolute atomic E-state index is 11.1. The third-order valence-electron chi connectivity index (χ3n) is 1.65. The number of rotatable bonds is 3. The first kappa shape index (κ1) is 10.4. The van der Waals surface area contributed by atoms with Crippen molar-refractivity contribution in [2.75, 3.05) is 17.9 Å². The first-order valence-corrected chi connectivity index (χ1v) is 6.55. The van der Waals surface area contributed by atoms with Crippen LogP contribution in [0.3, 0.4) is 0 Å². The lowest BCUT2D eigenvalue weighted by Gasteiger charge is -2.22. The van der Waals surface area contributed by atoms with E-state index < -0.39 is 10.0 Å². The van der Waals surface area contributed by atoms with Crippen LogP contribution in [0.2, 0.25) is 0 Å². The minimum Gasteiger partial charge on any atom is -0.380 e. The van der Waals surface area contributed by atoms with E-state index in [0.717, 1.165) is 19.4 Å². The molecule has 1 aliphatic rings. The quantitative estimate of drug-likeness (QED) is 0.747. The molecule has 6 heteroatoms. The van der Waals surface area contributed by atoms with Gasteiger partial charge in [0.2, 0.25) is 10.0 Å². The molecule has 0 bridgehead atoms. The standard InChI is InChI=1S/C6H12BrNO3S/c7-5-12(9,10)8-6-2-1-3-11-4-6/h6,8H,1-5H2. The lowest BCUT2D eigenvalue weighted by molar-refractivity contribution is 0.0774. The zero-order valence-electron chi connectivity index (χ0n) is 6.62. The number of hydrogen-bond acceptors (Lipinski definition) is 3. The highest BCUT2D eigenvalue weighted by molar-refractivity contribution is 9.10. The zero-order chi connectivity index (χ0) is 9.03. The van der Waals surface area contributed by atoms with E-state index >= 15 is 0 Å². The van der Waals surface area contributed by atoms with Gasteiger partial charge >= 0.3 is 0 Å². The fraction of sp³-hybridized carbons (Fsp3) is 1.00. The summed E-state index contributed by atoms with van der Waals surface area (Å²) >= 11 is 2.91. The van der Waals surface area contributed by atoms with Crippen LogP contribution in [0, 0.1) is 0 Å². The second-order valence-corrected chi connectivity index (χ2v) is 5.81. The summed E-state index contributed by atoms with van der Waals surface area (Å²) in [6.45, 7) is 1.23. The summed E-state index contributed by atoms with van der Waals surface area (Å²) < 4.78 is 29.7. The van der Waals surface area contributed by atoms with Crippen molar-refractivity contribution in [3.63, 3.8) is 0 Å². The highest BCUT2D eigenvalue weighted by Gasteiger charge is 2.19. The van der Waals surface area contributed by atoms with Crippen molar-refractivity contribution in [1.29, 1.82) is 0 Å². The van der Waals surface area contributed by atoms with Gasteiger partial charge in [0, 0.05) is 12.6 Å². The predicted octanol–water partition coefficient (Wildman–Crippen LogP) is 0.437. The van der Waals surface area contributed by atoms with Crippen LogP contribution in [0.25, 0.3) is 0 Å². The molecule has 72 valence electrons. The molecule has 1 fully saturated rings. The van der Waals surface area contributed by atoms with Crippen molar-refractivity contribution >= 4 is 26.0 Å². The molecule has 0 radical (unpaired) electrons. The van der Waals surface area contributed by atoms with Gasteiger partial charge in [-0.05, 0) is 12.8 Å². The van der Waals surface area contributed by atoms with Gasteiger partial charge in [-0.1, -0.05) is 15.9 Å². The first-order valence-electron chi connectivity index (χ1n) is 3.78. The van der Waals surface area contributed by atoms with Crippen molar-refractivity contribution in [2.24, 2.45) is 0 Å². The molecule has 0 aromatic heterocycles. The van der Waals surface area contributed by atoms with Gasteiger partial charge in [-0.3, -0.25) is 0 Å². The Morgan fingerprint density at radius 2 is 2.33 bits per heavy atom. The van der Waals surface area contributed by atoms with Crippen LogP contribution < -0.4 is 4.72 Å². The van der Waals surface area contributed by atoms with Crippen LogP contribution in [0.15, 0.2) is 0 Å². The normalized spacial score (nSPS) is 25.6. The van der Waals surface area contributed by atoms with E-state index in [1.54, 1.807) is 0 Å². The SMILES string of the molecule is O=S(=O)(CBr)NC1CCCOC1. The Morgan fingerprint density at radius 1 is 1.58 bits per heavy atom. The molecule has 0 aromatic carbocycles. The highest BCUT2D eigenvalue weighted by atomic mass is 79.9. The van der Waals surface area contributed by atoms with Gasteiger partial charge in [0.15, 0.2) is 0 Å². The Balaban J connectivity index is 2.39. The van der Waals surface area contributed by atoms with Gasteiger partial charge in [0.05, 0.1) is 6.61 Å². The summed E-state index contributed by atoms with van der Waals surface area (Å²) in [5, 5.41) is 0. The molecule has 0 aromatic rings. The molecule has 1 saturated heterocycles. The van der Waals surface area contributed by atoms with E-state index in [4.69, 9.17) is 4.74 Å². The maximum atomic E-state index is 11.1. The summed E-state index contributed by atoms with van der Waals surface area (Å²) in [6, 6.07) is -0.0405. The lowest BCUT2D eigenvalue weighted by Crippen LogP contribution is -2.40. The molecule has 1 aliphatic heterocycles. The van der Waals surface area contributed by atoms with E-state index in [1.165, 1.54) is 0 Å². The number of alkyl halides is 1. The number of halogens is 1. The van der Waals surface area contributed by atoms with E-state index in [0.29, 0.717) is 6.61 Å². The summed E-state index contributed by atoms with van der Waals surface area (Å²) in [7, 11) is -3.13. The zero-order valence-corrected chi connectivity index (χ0v) is 9.03. The second kappa shape index (κ2) is 4.55. The second-order valence-electron chi connectivity index (χ2n) is 2.76. The minimum absolute atomic E-state index is 0.0405. The van der Waals surface area contributed by atoms with E-state index in [1.807, 2.05) is 0 Å². The van der Waals surface area contributed by atoms with Crippen LogP contribution in [-0.4, -0.2) is 32.3 Å².